The summed E-state index contributed by atoms with van der Waals surface area (Å²) < 4.78 is 5.30. The molecule has 2 aromatic carbocycles. The van der Waals surface area contributed by atoms with E-state index in [9.17, 15) is 20.0 Å². The van der Waals surface area contributed by atoms with Crippen LogP contribution in [0.2, 0.25) is 0 Å². The van der Waals surface area contributed by atoms with E-state index >= 15 is 0 Å². The number of amides is 1. The fraction of sp³-hybridized carbons (Fsp3) is 0.263. The van der Waals surface area contributed by atoms with E-state index in [2.05, 4.69) is 21.4 Å². The summed E-state index contributed by atoms with van der Waals surface area (Å²) in [6, 6.07) is 10.4. The molecule has 0 aromatic heterocycles. The van der Waals surface area contributed by atoms with Crippen LogP contribution in [0.15, 0.2) is 47.6 Å². The molecule has 0 aliphatic carbocycles. The summed E-state index contributed by atoms with van der Waals surface area (Å²) in [5.74, 6) is -0.0925. The Labute approximate surface area is 166 Å². The van der Waals surface area contributed by atoms with Gasteiger partial charge in [0.2, 0.25) is 0 Å². The lowest BCUT2D eigenvalue weighted by Crippen LogP contribution is -2.41. The van der Waals surface area contributed by atoms with E-state index in [4.69, 9.17) is 4.74 Å². The molecule has 4 N–H and O–H groups in total. The zero-order valence-corrected chi connectivity index (χ0v) is 15.7. The van der Waals surface area contributed by atoms with Crippen molar-refractivity contribution >= 4 is 17.8 Å². The fourth-order valence-corrected chi connectivity index (χ4v) is 2.96. The molecule has 1 aliphatic heterocycles. The normalized spacial score (nSPS) is 18.7. The molecule has 1 amide bonds. The highest BCUT2D eigenvalue weighted by Crippen LogP contribution is 2.28. The van der Waals surface area contributed by atoms with Gasteiger partial charge in [0.25, 0.3) is 11.6 Å². The zero-order valence-electron chi connectivity index (χ0n) is 15.7. The zero-order chi connectivity index (χ0) is 20.8. The Morgan fingerprint density at radius 1 is 1.38 bits per heavy atom. The van der Waals surface area contributed by atoms with E-state index in [0.29, 0.717) is 29.9 Å². The number of hydrazine groups is 1. The monoisotopic (exact) mass is 399 g/mol. The first-order valence-electron chi connectivity index (χ1n) is 9.02. The van der Waals surface area contributed by atoms with Crippen LogP contribution in [0, 0.1) is 10.1 Å². The Bertz CT molecular complexity index is 933. The molecule has 2 atom stereocenters. The van der Waals surface area contributed by atoms with Gasteiger partial charge >= 0.3 is 0 Å². The number of nitrogens with zero attached hydrogens (tertiary/aromatic N) is 2. The number of carbonyl (C=O) groups excluding carboxylic acids is 1. The molecule has 1 aliphatic rings. The minimum absolute atomic E-state index is 0.00380. The molecule has 152 valence electrons. The van der Waals surface area contributed by atoms with Gasteiger partial charge in [0.15, 0.2) is 11.5 Å². The average Bonchev–Trinajstić information content (AvgIpc) is 3.21. The van der Waals surface area contributed by atoms with Gasteiger partial charge in [-0.1, -0.05) is 18.2 Å². The Hall–Kier alpha value is -3.50. The predicted octanol–water partition coefficient (Wildman–Crippen LogP) is 1.76. The molecule has 1 heterocycles. The number of phenols is 1. The van der Waals surface area contributed by atoms with Gasteiger partial charge in [-0.15, -0.1) is 0 Å². The van der Waals surface area contributed by atoms with Gasteiger partial charge < -0.3 is 9.84 Å². The number of rotatable bonds is 7. The Balaban J connectivity index is 1.59. The number of aromatic hydroxyl groups is 1. The molecule has 2 aromatic rings. The van der Waals surface area contributed by atoms with Crippen LogP contribution in [-0.4, -0.2) is 34.8 Å². The number of phenolic OH excluding ortho intramolecular Hbond substituents is 1. The summed E-state index contributed by atoms with van der Waals surface area (Å²) in [6.07, 6.45) is 1.73. The van der Waals surface area contributed by atoms with E-state index in [1.165, 1.54) is 18.3 Å². The van der Waals surface area contributed by atoms with Crippen molar-refractivity contribution in [3.8, 4) is 11.5 Å². The molecule has 0 bridgehead atoms. The van der Waals surface area contributed by atoms with Crippen LogP contribution >= 0.6 is 0 Å². The second-order valence-electron chi connectivity index (χ2n) is 6.34. The predicted molar refractivity (Wildman–Crippen MR) is 106 cm³/mol. The minimum atomic E-state index is -0.570. The molecule has 1 saturated heterocycles. The highest BCUT2D eigenvalue weighted by Gasteiger charge is 2.30. The van der Waals surface area contributed by atoms with Crippen molar-refractivity contribution in [2.24, 2.45) is 5.10 Å². The number of carbonyl (C=O) groups is 1. The average molecular weight is 399 g/mol. The number of ether oxygens (including phenoxy) is 1. The maximum atomic E-state index is 12.3. The van der Waals surface area contributed by atoms with Crippen molar-refractivity contribution in [1.82, 2.24) is 16.3 Å². The summed E-state index contributed by atoms with van der Waals surface area (Å²) in [4.78, 5) is 22.8. The topological polar surface area (TPSA) is 138 Å². The lowest BCUT2D eigenvalue weighted by Gasteiger charge is -2.09. The van der Waals surface area contributed by atoms with Crippen molar-refractivity contribution in [3.05, 3.63) is 63.7 Å². The first-order chi connectivity index (χ1) is 14.0. The molecule has 1 fully saturated rings. The van der Waals surface area contributed by atoms with E-state index in [0.717, 1.165) is 0 Å². The molecule has 0 radical (unpaired) electrons. The Morgan fingerprint density at radius 3 is 2.93 bits per heavy atom. The summed E-state index contributed by atoms with van der Waals surface area (Å²) in [5.41, 5.74) is 9.37. The van der Waals surface area contributed by atoms with Crippen LogP contribution in [-0.2, 0) is 4.79 Å². The molecule has 29 heavy (non-hydrogen) atoms. The van der Waals surface area contributed by atoms with Gasteiger partial charge in [0.1, 0.15) is 6.04 Å². The molecule has 10 heteroatoms. The highest BCUT2D eigenvalue weighted by atomic mass is 16.6. The molecule has 0 saturated carbocycles. The Kier molecular flexibility index (Phi) is 6.37. The first-order valence-corrected chi connectivity index (χ1v) is 9.02. The maximum absolute atomic E-state index is 12.3. The van der Waals surface area contributed by atoms with Crippen LogP contribution in [0.25, 0.3) is 0 Å². The second-order valence-corrected chi connectivity index (χ2v) is 6.34. The van der Waals surface area contributed by atoms with Crippen LogP contribution in [0.3, 0.4) is 0 Å². The number of hydrazone groups is 1. The van der Waals surface area contributed by atoms with E-state index in [-0.39, 0.29) is 23.4 Å². The van der Waals surface area contributed by atoms with Gasteiger partial charge in [-0.05, 0) is 31.0 Å². The van der Waals surface area contributed by atoms with Crippen LogP contribution < -0.4 is 21.0 Å². The van der Waals surface area contributed by atoms with E-state index in [1.807, 2.05) is 6.92 Å². The van der Waals surface area contributed by atoms with Crippen molar-refractivity contribution in [1.29, 1.82) is 0 Å². The lowest BCUT2D eigenvalue weighted by molar-refractivity contribution is -0.384. The number of benzene rings is 2. The fourth-order valence-electron chi connectivity index (χ4n) is 2.96. The first kappa shape index (κ1) is 20.2. The maximum Gasteiger partial charge on any atom is 0.269 e. The number of nitrogens with one attached hydrogen (secondary N) is 3. The largest absolute Gasteiger partial charge is 0.504 e. The minimum Gasteiger partial charge on any atom is -0.504 e. The van der Waals surface area contributed by atoms with E-state index < -0.39 is 11.0 Å². The highest BCUT2D eigenvalue weighted by molar-refractivity contribution is 5.87. The molecule has 3 rings (SSSR count). The number of nitro groups is 1. The third kappa shape index (κ3) is 4.86. The van der Waals surface area contributed by atoms with Crippen molar-refractivity contribution in [2.75, 3.05) is 6.61 Å². The summed E-state index contributed by atoms with van der Waals surface area (Å²) >= 11 is 0. The summed E-state index contributed by atoms with van der Waals surface area (Å²) in [6.45, 7) is 2.22. The standard InChI is InChI=1S/C19H21N5O5/c1-2-29-17-8-4-6-13(18(17)25)11-20-23-19(26)16-10-15(21-22-16)12-5-3-7-14(9-12)24(27)28/h3-9,11,15-16,21-22,25H,2,10H2,1H3,(H,23,26)/b20-11+. The third-order valence-electron chi connectivity index (χ3n) is 4.41. The molecular weight excluding hydrogens is 378 g/mol. The molecule has 2 unspecified atom stereocenters. The number of para-hydroxylation sites is 1. The third-order valence-corrected chi connectivity index (χ3v) is 4.41. The smallest absolute Gasteiger partial charge is 0.269 e. The van der Waals surface area contributed by atoms with Crippen LogP contribution in [0.4, 0.5) is 5.69 Å². The van der Waals surface area contributed by atoms with Gasteiger partial charge in [0.05, 0.1) is 17.7 Å². The molecule has 10 nitrogen and oxygen atoms in total. The summed E-state index contributed by atoms with van der Waals surface area (Å²) in [7, 11) is 0. The van der Waals surface area contributed by atoms with Gasteiger partial charge in [-0.3, -0.25) is 14.9 Å². The number of hydrogen-bond donors (Lipinski definition) is 4. The van der Waals surface area contributed by atoms with Crippen molar-refractivity contribution in [3.63, 3.8) is 0 Å². The quantitative estimate of drug-likeness (QED) is 0.316. The van der Waals surface area contributed by atoms with Crippen LogP contribution in [0.5, 0.6) is 11.5 Å². The number of non-ortho nitro benzene ring substituents is 1. The summed E-state index contributed by atoms with van der Waals surface area (Å²) in [5, 5.41) is 24.9. The SMILES string of the molecule is CCOc1cccc(/C=N/NC(=O)C2CC(c3cccc([N+](=O)[O-])c3)NN2)c1O. The molecular formula is C19H21N5O5. The number of hydrogen-bond acceptors (Lipinski definition) is 8. The van der Waals surface area contributed by atoms with Crippen molar-refractivity contribution in [2.45, 2.75) is 25.4 Å². The second kappa shape index (κ2) is 9.13. The van der Waals surface area contributed by atoms with Crippen molar-refractivity contribution < 1.29 is 19.6 Å². The number of nitro benzene ring substituents is 1. The van der Waals surface area contributed by atoms with Crippen LogP contribution in [0.1, 0.15) is 30.5 Å². The van der Waals surface area contributed by atoms with Gasteiger partial charge in [-0.2, -0.15) is 5.10 Å². The Morgan fingerprint density at radius 2 is 2.17 bits per heavy atom. The van der Waals surface area contributed by atoms with Gasteiger partial charge in [0, 0.05) is 23.7 Å². The van der Waals surface area contributed by atoms with E-state index in [1.54, 1.807) is 30.3 Å². The molecule has 0 spiro atoms. The lowest BCUT2D eigenvalue weighted by atomic mass is 10.0. The van der Waals surface area contributed by atoms with Gasteiger partial charge in [-0.25, -0.2) is 16.3 Å².